The van der Waals surface area contributed by atoms with Crippen molar-refractivity contribution in [3.63, 3.8) is 0 Å². The molecule has 0 atom stereocenters. The molecule has 0 saturated heterocycles. The lowest BCUT2D eigenvalue weighted by atomic mass is 10.0. The summed E-state index contributed by atoms with van der Waals surface area (Å²) in [4.78, 5) is 0. The van der Waals surface area contributed by atoms with Crippen LogP contribution >= 0.6 is 11.6 Å². The zero-order chi connectivity index (χ0) is 13.4. The fraction of sp³-hybridized carbons (Fsp3) is 0.0667. The van der Waals surface area contributed by atoms with E-state index in [2.05, 4.69) is 10.2 Å². The second kappa shape index (κ2) is 4.52. The summed E-state index contributed by atoms with van der Waals surface area (Å²) < 4.78 is 0. The van der Waals surface area contributed by atoms with Crippen LogP contribution in [0.15, 0.2) is 42.5 Å². The molecule has 0 bridgehead atoms. The molecule has 0 amide bonds. The Kier molecular flexibility index (Phi) is 2.84. The predicted octanol–water partition coefficient (Wildman–Crippen LogP) is 3.96. The Labute approximate surface area is 115 Å². The molecular weight excluding hydrogens is 260 g/mol. The van der Waals surface area contributed by atoms with Gasteiger partial charge in [0.15, 0.2) is 5.15 Å². The summed E-state index contributed by atoms with van der Waals surface area (Å²) in [6, 6.07) is 13.1. The first-order chi connectivity index (χ1) is 9.16. The molecule has 0 aliphatic rings. The third-order valence-electron chi connectivity index (χ3n) is 3.11. The van der Waals surface area contributed by atoms with Gasteiger partial charge < -0.3 is 5.11 Å². The molecule has 0 fully saturated rings. The minimum absolute atomic E-state index is 0.273. The molecule has 4 heteroatoms. The smallest absolute Gasteiger partial charge is 0.159 e. The summed E-state index contributed by atoms with van der Waals surface area (Å²) in [7, 11) is 0. The van der Waals surface area contributed by atoms with Crippen molar-refractivity contribution in [1.29, 1.82) is 0 Å². The van der Waals surface area contributed by atoms with Gasteiger partial charge in [0.25, 0.3) is 0 Å². The van der Waals surface area contributed by atoms with Crippen molar-refractivity contribution in [2.24, 2.45) is 0 Å². The van der Waals surface area contributed by atoms with E-state index in [1.54, 1.807) is 6.07 Å². The van der Waals surface area contributed by atoms with Gasteiger partial charge in [-0.1, -0.05) is 35.9 Å². The van der Waals surface area contributed by atoms with Gasteiger partial charge in [-0.25, -0.2) is 0 Å². The van der Waals surface area contributed by atoms with Crippen molar-refractivity contribution in [3.05, 3.63) is 53.2 Å². The molecule has 0 radical (unpaired) electrons. The molecule has 3 aromatic rings. The standard InChI is InChI=1S/C15H11ClN2O/c1-9-8-10(6-7-13(9)19)14-11-4-2-3-5-12(11)15(16)18-17-14/h2-8,19H,1H3. The molecular formula is C15H11ClN2O. The lowest BCUT2D eigenvalue weighted by Crippen LogP contribution is -1.91. The molecule has 1 N–H and O–H groups in total. The van der Waals surface area contributed by atoms with Gasteiger partial charge in [-0.2, -0.15) is 0 Å². The Bertz CT molecular complexity index is 771. The highest BCUT2D eigenvalue weighted by atomic mass is 35.5. The minimum Gasteiger partial charge on any atom is -0.508 e. The molecule has 0 spiro atoms. The fourth-order valence-corrected chi connectivity index (χ4v) is 2.29. The SMILES string of the molecule is Cc1cc(-c2nnc(Cl)c3ccccc23)ccc1O. The zero-order valence-electron chi connectivity index (χ0n) is 10.3. The van der Waals surface area contributed by atoms with E-state index >= 15 is 0 Å². The first-order valence-electron chi connectivity index (χ1n) is 5.88. The van der Waals surface area contributed by atoms with Gasteiger partial charge in [0.2, 0.25) is 0 Å². The van der Waals surface area contributed by atoms with Crippen LogP contribution in [0.4, 0.5) is 0 Å². The number of hydrogen-bond acceptors (Lipinski definition) is 3. The van der Waals surface area contributed by atoms with Crippen LogP contribution in [0, 0.1) is 6.92 Å². The third kappa shape index (κ3) is 2.02. The quantitative estimate of drug-likeness (QED) is 0.728. The number of aromatic nitrogens is 2. The number of benzene rings is 2. The van der Waals surface area contributed by atoms with Crippen LogP contribution in [-0.4, -0.2) is 15.3 Å². The number of aryl methyl sites for hydroxylation is 1. The van der Waals surface area contributed by atoms with Crippen molar-refractivity contribution in [2.45, 2.75) is 6.92 Å². The maximum atomic E-state index is 9.59. The maximum absolute atomic E-state index is 9.59. The summed E-state index contributed by atoms with van der Waals surface area (Å²) in [5, 5.41) is 20.0. The molecule has 19 heavy (non-hydrogen) atoms. The highest BCUT2D eigenvalue weighted by Crippen LogP contribution is 2.31. The number of phenols is 1. The lowest BCUT2D eigenvalue weighted by Gasteiger charge is -2.07. The number of hydrogen-bond donors (Lipinski definition) is 1. The Morgan fingerprint density at radius 1 is 1.00 bits per heavy atom. The lowest BCUT2D eigenvalue weighted by molar-refractivity contribution is 0.471. The summed E-state index contributed by atoms with van der Waals surface area (Å²) in [5.41, 5.74) is 2.48. The highest BCUT2D eigenvalue weighted by Gasteiger charge is 2.10. The van der Waals surface area contributed by atoms with Gasteiger partial charge in [0, 0.05) is 16.3 Å². The topological polar surface area (TPSA) is 46.0 Å². The molecule has 3 rings (SSSR count). The molecule has 2 aromatic carbocycles. The summed E-state index contributed by atoms with van der Waals surface area (Å²) in [6.07, 6.45) is 0. The van der Waals surface area contributed by atoms with E-state index < -0.39 is 0 Å². The number of nitrogens with zero attached hydrogens (tertiary/aromatic N) is 2. The summed E-state index contributed by atoms with van der Waals surface area (Å²) >= 11 is 6.06. The largest absolute Gasteiger partial charge is 0.508 e. The van der Waals surface area contributed by atoms with Crippen LogP contribution in [0.5, 0.6) is 5.75 Å². The molecule has 0 aliphatic heterocycles. The predicted molar refractivity (Wildman–Crippen MR) is 76.4 cm³/mol. The summed E-state index contributed by atoms with van der Waals surface area (Å²) in [6.45, 7) is 1.85. The fourth-order valence-electron chi connectivity index (χ4n) is 2.09. The van der Waals surface area contributed by atoms with E-state index in [0.29, 0.717) is 5.15 Å². The average Bonchev–Trinajstić information content (AvgIpc) is 2.43. The number of rotatable bonds is 1. The third-order valence-corrected chi connectivity index (χ3v) is 3.39. The second-order valence-electron chi connectivity index (χ2n) is 4.39. The Hall–Kier alpha value is -2.13. The van der Waals surface area contributed by atoms with Gasteiger partial charge in [0.05, 0.1) is 0 Å². The van der Waals surface area contributed by atoms with E-state index in [0.717, 1.165) is 27.6 Å². The molecule has 0 unspecified atom stereocenters. The molecule has 94 valence electrons. The van der Waals surface area contributed by atoms with Crippen LogP contribution < -0.4 is 0 Å². The van der Waals surface area contributed by atoms with Crippen LogP contribution in [0.3, 0.4) is 0 Å². The molecule has 0 saturated carbocycles. The first-order valence-corrected chi connectivity index (χ1v) is 6.25. The van der Waals surface area contributed by atoms with E-state index in [9.17, 15) is 5.11 Å². The minimum atomic E-state index is 0.273. The van der Waals surface area contributed by atoms with Crippen LogP contribution in [0.2, 0.25) is 5.15 Å². The zero-order valence-corrected chi connectivity index (χ0v) is 11.0. The van der Waals surface area contributed by atoms with Gasteiger partial charge in [-0.05, 0) is 30.7 Å². The number of fused-ring (bicyclic) bond motifs is 1. The van der Waals surface area contributed by atoms with Crippen molar-refractivity contribution in [2.75, 3.05) is 0 Å². The van der Waals surface area contributed by atoms with Crippen molar-refractivity contribution in [1.82, 2.24) is 10.2 Å². The van der Waals surface area contributed by atoms with Crippen molar-refractivity contribution in [3.8, 4) is 17.0 Å². The first kappa shape index (κ1) is 11.9. The van der Waals surface area contributed by atoms with E-state index in [1.807, 2.05) is 43.3 Å². The average molecular weight is 271 g/mol. The normalized spacial score (nSPS) is 10.8. The summed E-state index contributed by atoms with van der Waals surface area (Å²) in [5.74, 6) is 0.273. The Balaban J connectivity index is 2.31. The van der Waals surface area contributed by atoms with Gasteiger partial charge in [-0.15, -0.1) is 10.2 Å². The monoisotopic (exact) mass is 270 g/mol. The number of phenolic OH excluding ortho intramolecular Hbond substituents is 1. The van der Waals surface area contributed by atoms with Gasteiger partial charge >= 0.3 is 0 Å². The molecule has 1 aromatic heterocycles. The van der Waals surface area contributed by atoms with Crippen LogP contribution in [0.25, 0.3) is 22.0 Å². The van der Waals surface area contributed by atoms with E-state index in [4.69, 9.17) is 11.6 Å². The molecule has 1 heterocycles. The van der Waals surface area contributed by atoms with Gasteiger partial charge in [-0.3, -0.25) is 0 Å². The molecule has 3 nitrogen and oxygen atoms in total. The molecule has 0 aliphatic carbocycles. The Morgan fingerprint density at radius 2 is 1.74 bits per heavy atom. The van der Waals surface area contributed by atoms with Crippen molar-refractivity contribution < 1.29 is 5.11 Å². The maximum Gasteiger partial charge on any atom is 0.159 e. The Morgan fingerprint density at radius 3 is 2.47 bits per heavy atom. The van der Waals surface area contributed by atoms with Crippen molar-refractivity contribution >= 4 is 22.4 Å². The van der Waals surface area contributed by atoms with Gasteiger partial charge in [0.1, 0.15) is 11.4 Å². The number of halogens is 1. The highest BCUT2D eigenvalue weighted by molar-refractivity contribution is 6.34. The second-order valence-corrected chi connectivity index (χ2v) is 4.74. The van der Waals surface area contributed by atoms with Crippen LogP contribution in [0.1, 0.15) is 5.56 Å². The van der Waals surface area contributed by atoms with E-state index in [-0.39, 0.29) is 5.75 Å². The number of aromatic hydroxyl groups is 1. The van der Waals surface area contributed by atoms with Crippen LogP contribution in [-0.2, 0) is 0 Å². The van der Waals surface area contributed by atoms with E-state index in [1.165, 1.54) is 0 Å².